The van der Waals surface area contributed by atoms with E-state index in [0.717, 1.165) is 45.2 Å². The molecule has 5 nitrogen and oxygen atoms in total. The molecule has 1 unspecified atom stereocenters. The summed E-state index contributed by atoms with van der Waals surface area (Å²) in [5.74, 6) is 0.871. The van der Waals surface area contributed by atoms with Gasteiger partial charge in [-0.25, -0.2) is 0 Å². The summed E-state index contributed by atoms with van der Waals surface area (Å²) in [6.45, 7) is 11.4. The predicted molar refractivity (Wildman–Crippen MR) is 80.7 cm³/mol. The second-order valence-corrected chi connectivity index (χ2v) is 5.24. The van der Waals surface area contributed by atoms with Crippen molar-refractivity contribution in [1.29, 1.82) is 0 Å². The van der Waals surface area contributed by atoms with Gasteiger partial charge in [0.15, 0.2) is 5.96 Å². The van der Waals surface area contributed by atoms with Crippen molar-refractivity contribution in [3.05, 3.63) is 0 Å². The van der Waals surface area contributed by atoms with E-state index >= 15 is 0 Å². The molecule has 0 spiro atoms. The molecule has 0 amide bonds. The van der Waals surface area contributed by atoms with Gasteiger partial charge in [-0.3, -0.25) is 9.89 Å². The van der Waals surface area contributed by atoms with Gasteiger partial charge in [0.1, 0.15) is 0 Å². The lowest BCUT2D eigenvalue weighted by Gasteiger charge is -2.25. The Bertz CT molecular complexity index is 262. The third-order valence-corrected chi connectivity index (χ3v) is 3.57. The van der Waals surface area contributed by atoms with Crippen LogP contribution >= 0.6 is 0 Å². The van der Waals surface area contributed by atoms with Gasteiger partial charge in [-0.05, 0) is 33.2 Å². The summed E-state index contributed by atoms with van der Waals surface area (Å²) in [5.41, 5.74) is 0. The van der Waals surface area contributed by atoms with Gasteiger partial charge in [0.2, 0.25) is 0 Å². The molecule has 112 valence electrons. The molecule has 0 aromatic rings. The van der Waals surface area contributed by atoms with Crippen LogP contribution in [0.5, 0.6) is 0 Å². The van der Waals surface area contributed by atoms with Crippen LogP contribution in [0.25, 0.3) is 0 Å². The Morgan fingerprint density at radius 3 is 2.74 bits per heavy atom. The van der Waals surface area contributed by atoms with E-state index < -0.39 is 0 Å². The number of ether oxygens (including phenoxy) is 1. The Balaban J connectivity index is 2.17. The smallest absolute Gasteiger partial charge is 0.191 e. The van der Waals surface area contributed by atoms with Gasteiger partial charge in [0, 0.05) is 39.3 Å². The van der Waals surface area contributed by atoms with Crippen molar-refractivity contribution in [2.24, 2.45) is 4.99 Å². The lowest BCUT2D eigenvalue weighted by Crippen LogP contribution is -2.44. The maximum atomic E-state index is 5.59. The highest BCUT2D eigenvalue weighted by Crippen LogP contribution is 2.10. The summed E-state index contributed by atoms with van der Waals surface area (Å²) in [6, 6.07) is 0.591. The predicted octanol–water partition coefficient (Wildman–Crippen LogP) is 1.06. The van der Waals surface area contributed by atoms with E-state index in [1.807, 2.05) is 7.05 Å². The fourth-order valence-corrected chi connectivity index (χ4v) is 2.34. The van der Waals surface area contributed by atoms with Crippen molar-refractivity contribution in [2.45, 2.75) is 45.8 Å². The van der Waals surface area contributed by atoms with Crippen molar-refractivity contribution < 1.29 is 4.74 Å². The molecule has 0 bridgehead atoms. The van der Waals surface area contributed by atoms with Crippen molar-refractivity contribution in [2.75, 3.05) is 39.8 Å². The Morgan fingerprint density at radius 1 is 1.42 bits per heavy atom. The van der Waals surface area contributed by atoms with E-state index in [1.165, 1.54) is 6.42 Å². The minimum Gasteiger partial charge on any atom is -0.376 e. The number of hydrogen-bond acceptors (Lipinski definition) is 3. The highest BCUT2D eigenvalue weighted by atomic mass is 16.5. The van der Waals surface area contributed by atoms with Gasteiger partial charge in [0.25, 0.3) is 0 Å². The number of likely N-dealkylation sites (N-methyl/N-ethyl adjacent to an activating group) is 1. The average molecular weight is 270 g/mol. The molecule has 0 aromatic carbocycles. The monoisotopic (exact) mass is 270 g/mol. The number of guanidine groups is 1. The molecule has 2 N–H and O–H groups in total. The molecular weight excluding hydrogens is 240 g/mol. The van der Waals surface area contributed by atoms with Crippen molar-refractivity contribution in [3.8, 4) is 0 Å². The van der Waals surface area contributed by atoms with Crippen LogP contribution in [0.15, 0.2) is 4.99 Å². The van der Waals surface area contributed by atoms with E-state index in [0.29, 0.717) is 12.1 Å². The van der Waals surface area contributed by atoms with Crippen molar-refractivity contribution in [3.63, 3.8) is 0 Å². The summed E-state index contributed by atoms with van der Waals surface area (Å²) >= 11 is 0. The molecule has 1 rings (SSSR count). The Labute approximate surface area is 117 Å². The summed E-state index contributed by atoms with van der Waals surface area (Å²) < 4.78 is 5.59. The maximum absolute atomic E-state index is 5.59. The molecule has 1 atom stereocenters. The first-order valence-corrected chi connectivity index (χ1v) is 7.47. The zero-order chi connectivity index (χ0) is 14.1. The first kappa shape index (κ1) is 16.2. The van der Waals surface area contributed by atoms with Crippen LogP contribution in [0.1, 0.15) is 33.6 Å². The molecule has 0 aliphatic carbocycles. The van der Waals surface area contributed by atoms with Crippen LogP contribution in [-0.4, -0.2) is 62.8 Å². The molecule has 1 aliphatic rings. The van der Waals surface area contributed by atoms with E-state index in [2.05, 4.69) is 41.3 Å². The third-order valence-electron chi connectivity index (χ3n) is 3.57. The Morgan fingerprint density at radius 2 is 2.21 bits per heavy atom. The number of aliphatic imine (C=N–C) groups is 1. The fourth-order valence-electron chi connectivity index (χ4n) is 2.34. The zero-order valence-corrected chi connectivity index (χ0v) is 12.9. The molecular formula is C14H30N4O. The van der Waals surface area contributed by atoms with Crippen molar-refractivity contribution >= 4 is 5.96 Å². The van der Waals surface area contributed by atoms with E-state index in [4.69, 9.17) is 4.74 Å². The molecule has 5 heteroatoms. The number of nitrogens with one attached hydrogen (secondary N) is 2. The topological polar surface area (TPSA) is 48.9 Å². The highest BCUT2D eigenvalue weighted by molar-refractivity contribution is 5.79. The molecule has 1 saturated heterocycles. The van der Waals surface area contributed by atoms with Gasteiger partial charge < -0.3 is 15.4 Å². The quantitative estimate of drug-likeness (QED) is 0.536. The standard InChI is InChI=1S/C14H30N4O/c1-5-18(12(2)3)9-8-16-14(15-4)17-11-13-7-6-10-19-13/h12-13H,5-11H2,1-4H3,(H2,15,16,17). The van der Waals surface area contributed by atoms with Crippen LogP contribution < -0.4 is 10.6 Å². The van der Waals surface area contributed by atoms with Crippen LogP contribution in [0.3, 0.4) is 0 Å². The van der Waals surface area contributed by atoms with Gasteiger partial charge in [-0.2, -0.15) is 0 Å². The lowest BCUT2D eigenvalue weighted by molar-refractivity contribution is 0.113. The van der Waals surface area contributed by atoms with Gasteiger partial charge in [0.05, 0.1) is 6.10 Å². The summed E-state index contributed by atoms with van der Waals surface area (Å²) in [7, 11) is 1.81. The van der Waals surface area contributed by atoms with E-state index in [1.54, 1.807) is 0 Å². The van der Waals surface area contributed by atoms with Crippen LogP contribution in [0.4, 0.5) is 0 Å². The molecule has 0 saturated carbocycles. The third kappa shape index (κ3) is 6.25. The van der Waals surface area contributed by atoms with Crippen LogP contribution in [0, 0.1) is 0 Å². The van der Waals surface area contributed by atoms with Crippen LogP contribution in [-0.2, 0) is 4.74 Å². The molecule has 1 fully saturated rings. The first-order valence-electron chi connectivity index (χ1n) is 7.47. The normalized spacial score (nSPS) is 20.3. The largest absolute Gasteiger partial charge is 0.376 e. The minimum atomic E-state index is 0.348. The fraction of sp³-hybridized carbons (Fsp3) is 0.929. The maximum Gasteiger partial charge on any atom is 0.191 e. The molecule has 1 aliphatic heterocycles. The van der Waals surface area contributed by atoms with Gasteiger partial charge in [-0.1, -0.05) is 6.92 Å². The average Bonchev–Trinajstić information content (AvgIpc) is 2.90. The Kier molecular flexibility index (Phi) is 7.82. The number of nitrogens with zero attached hydrogens (tertiary/aromatic N) is 2. The molecule has 19 heavy (non-hydrogen) atoms. The summed E-state index contributed by atoms with van der Waals surface area (Å²) in [6.07, 6.45) is 2.68. The second kappa shape index (κ2) is 9.15. The minimum absolute atomic E-state index is 0.348. The number of hydrogen-bond donors (Lipinski definition) is 2. The molecule has 0 aromatic heterocycles. The summed E-state index contributed by atoms with van der Waals surface area (Å²) in [4.78, 5) is 6.67. The first-order chi connectivity index (χ1) is 9.17. The van der Waals surface area contributed by atoms with Gasteiger partial charge in [-0.15, -0.1) is 0 Å². The van der Waals surface area contributed by atoms with Gasteiger partial charge >= 0.3 is 0 Å². The lowest BCUT2D eigenvalue weighted by atomic mass is 10.2. The number of rotatable bonds is 7. The SMILES string of the molecule is CCN(CCNC(=NC)NCC1CCCO1)C(C)C. The Hall–Kier alpha value is -0.810. The highest BCUT2D eigenvalue weighted by Gasteiger charge is 2.15. The molecule has 1 heterocycles. The van der Waals surface area contributed by atoms with Crippen molar-refractivity contribution in [1.82, 2.24) is 15.5 Å². The molecule has 0 radical (unpaired) electrons. The second-order valence-electron chi connectivity index (χ2n) is 5.24. The zero-order valence-electron chi connectivity index (χ0n) is 12.9. The van der Waals surface area contributed by atoms with E-state index in [9.17, 15) is 0 Å². The van der Waals surface area contributed by atoms with Crippen LogP contribution in [0.2, 0.25) is 0 Å². The van der Waals surface area contributed by atoms with E-state index in [-0.39, 0.29) is 0 Å². The summed E-state index contributed by atoms with van der Waals surface area (Å²) in [5, 5.41) is 6.68.